The number of hydrogen-bond acceptors (Lipinski definition) is 8. The third kappa shape index (κ3) is 11.6. The largest absolute Gasteiger partial charge is 0.493 e. The van der Waals surface area contributed by atoms with E-state index in [9.17, 15) is 18.5 Å². The Hall–Kier alpha value is -2.52. The van der Waals surface area contributed by atoms with E-state index in [2.05, 4.69) is 0 Å². The minimum Gasteiger partial charge on any atom is -0.493 e. The van der Waals surface area contributed by atoms with Crippen molar-refractivity contribution in [3.63, 3.8) is 0 Å². The standard InChI is InChI=1S/C26H39FNO8P/c1-10-32-23(19(3)24(30)33-11-2)14-15-28(18-29)21-12-13-22(27)20(16-21)17-34-37(31,35-25(4,5)6)36-26(7,8)9/h12-16,18H,10-11,17H2,1-9H3/b15-14-,23-19-. The van der Waals surface area contributed by atoms with Crippen LogP contribution in [0.3, 0.4) is 0 Å². The Labute approximate surface area is 219 Å². The van der Waals surface area contributed by atoms with Gasteiger partial charge in [0.25, 0.3) is 0 Å². The van der Waals surface area contributed by atoms with Gasteiger partial charge in [0.2, 0.25) is 6.41 Å². The van der Waals surface area contributed by atoms with Crippen LogP contribution in [-0.2, 0) is 43.8 Å². The summed E-state index contributed by atoms with van der Waals surface area (Å²) in [5.74, 6) is -0.961. The zero-order chi connectivity index (χ0) is 28.4. The second-order valence-corrected chi connectivity index (χ2v) is 11.4. The van der Waals surface area contributed by atoms with E-state index in [-0.39, 0.29) is 30.1 Å². The molecule has 0 spiro atoms. The van der Waals surface area contributed by atoms with Crippen molar-refractivity contribution in [2.24, 2.45) is 0 Å². The Morgan fingerprint density at radius 3 is 2.08 bits per heavy atom. The van der Waals surface area contributed by atoms with Gasteiger partial charge in [0.05, 0.1) is 36.6 Å². The maximum atomic E-state index is 14.6. The molecule has 0 aromatic heterocycles. The highest BCUT2D eigenvalue weighted by atomic mass is 31.2. The quantitative estimate of drug-likeness (QED) is 0.0701. The number of phosphoric acid groups is 1. The number of rotatable bonds is 13. The minimum absolute atomic E-state index is 0.0243. The lowest BCUT2D eigenvalue weighted by Gasteiger charge is -2.31. The van der Waals surface area contributed by atoms with Crippen molar-refractivity contribution in [2.45, 2.75) is 80.1 Å². The summed E-state index contributed by atoms with van der Waals surface area (Å²) in [7, 11) is -4.08. The Kier molecular flexibility index (Phi) is 12.2. The Balaban J connectivity index is 3.25. The number of hydrogen-bond donors (Lipinski definition) is 0. The summed E-state index contributed by atoms with van der Waals surface area (Å²) < 4.78 is 55.0. The van der Waals surface area contributed by atoms with Crippen LogP contribution < -0.4 is 4.90 Å². The van der Waals surface area contributed by atoms with Crippen molar-refractivity contribution in [1.29, 1.82) is 0 Å². The van der Waals surface area contributed by atoms with Gasteiger partial charge >= 0.3 is 13.8 Å². The van der Waals surface area contributed by atoms with Gasteiger partial charge < -0.3 is 9.47 Å². The lowest BCUT2D eigenvalue weighted by atomic mass is 10.2. The molecule has 0 aliphatic heterocycles. The van der Waals surface area contributed by atoms with Gasteiger partial charge in [-0.3, -0.25) is 23.3 Å². The monoisotopic (exact) mass is 543 g/mol. The van der Waals surface area contributed by atoms with Crippen LogP contribution in [0.15, 0.2) is 41.8 Å². The second kappa shape index (κ2) is 13.9. The fourth-order valence-corrected chi connectivity index (χ4v) is 4.61. The number of amides is 1. The average Bonchev–Trinajstić information content (AvgIpc) is 2.75. The Morgan fingerprint density at radius 1 is 1.03 bits per heavy atom. The van der Waals surface area contributed by atoms with E-state index in [4.69, 9.17) is 23.0 Å². The zero-order valence-electron chi connectivity index (χ0n) is 23.1. The molecular weight excluding hydrogens is 504 g/mol. The van der Waals surface area contributed by atoms with Gasteiger partial charge in [-0.05, 0) is 86.6 Å². The molecule has 0 aliphatic rings. The van der Waals surface area contributed by atoms with Crippen molar-refractivity contribution < 1.29 is 41.6 Å². The van der Waals surface area contributed by atoms with Crippen molar-refractivity contribution in [1.82, 2.24) is 0 Å². The van der Waals surface area contributed by atoms with Crippen LogP contribution in [0.4, 0.5) is 10.1 Å². The third-order valence-electron chi connectivity index (χ3n) is 4.23. The number of halogens is 1. The summed E-state index contributed by atoms with van der Waals surface area (Å²) in [6, 6.07) is 3.91. The molecule has 208 valence electrons. The second-order valence-electron chi connectivity index (χ2n) is 9.87. The fourth-order valence-electron chi connectivity index (χ4n) is 2.83. The zero-order valence-corrected chi connectivity index (χ0v) is 24.0. The van der Waals surface area contributed by atoms with Crippen LogP contribution in [0.1, 0.15) is 67.9 Å². The first kappa shape index (κ1) is 32.5. The van der Waals surface area contributed by atoms with Crippen molar-refractivity contribution in [3.05, 3.63) is 53.2 Å². The molecular formula is C26H39FNO8P. The van der Waals surface area contributed by atoms with Gasteiger partial charge in [-0.25, -0.2) is 13.8 Å². The first-order chi connectivity index (χ1) is 17.0. The molecule has 0 bridgehead atoms. The number of allylic oxidation sites excluding steroid dienone is 1. The summed E-state index contributed by atoms with van der Waals surface area (Å²) >= 11 is 0. The molecule has 1 aromatic carbocycles. The van der Waals surface area contributed by atoms with Crippen LogP contribution in [-0.4, -0.2) is 36.8 Å². The molecule has 1 amide bonds. The van der Waals surface area contributed by atoms with E-state index >= 15 is 0 Å². The van der Waals surface area contributed by atoms with E-state index in [1.807, 2.05) is 0 Å². The first-order valence-electron chi connectivity index (χ1n) is 11.9. The minimum atomic E-state index is -4.08. The lowest BCUT2D eigenvalue weighted by Crippen LogP contribution is -2.24. The molecule has 0 saturated heterocycles. The average molecular weight is 544 g/mol. The van der Waals surface area contributed by atoms with Gasteiger partial charge in [0, 0.05) is 17.5 Å². The molecule has 0 heterocycles. The highest BCUT2D eigenvalue weighted by molar-refractivity contribution is 7.48. The topological polar surface area (TPSA) is 101 Å². The van der Waals surface area contributed by atoms with Gasteiger partial charge in [0.15, 0.2) is 0 Å². The van der Waals surface area contributed by atoms with Gasteiger partial charge in [-0.15, -0.1) is 0 Å². The third-order valence-corrected chi connectivity index (χ3v) is 6.22. The lowest BCUT2D eigenvalue weighted by molar-refractivity contribution is -0.138. The number of ether oxygens (including phenoxy) is 2. The summed E-state index contributed by atoms with van der Waals surface area (Å²) in [5, 5.41) is 0. The molecule has 37 heavy (non-hydrogen) atoms. The van der Waals surface area contributed by atoms with E-state index < -0.39 is 37.4 Å². The molecule has 0 aliphatic carbocycles. The van der Waals surface area contributed by atoms with Gasteiger partial charge in [0.1, 0.15) is 11.6 Å². The summed E-state index contributed by atoms with van der Waals surface area (Å²) in [4.78, 5) is 25.1. The molecule has 0 fully saturated rings. The number of carbonyl (C=O) groups is 2. The molecule has 0 N–H and O–H groups in total. The van der Waals surface area contributed by atoms with Crippen molar-refractivity contribution in [2.75, 3.05) is 18.1 Å². The molecule has 1 rings (SSSR count). The summed E-state index contributed by atoms with van der Waals surface area (Å²) in [6.45, 7) is 15.2. The van der Waals surface area contributed by atoms with E-state index in [0.717, 1.165) is 11.0 Å². The number of anilines is 1. The molecule has 0 atom stereocenters. The predicted molar refractivity (Wildman–Crippen MR) is 139 cm³/mol. The van der Waals surface area contributed by atoms with Crippen LogP contribution in [0.2, 0.25) is 0 Å². The van der Waals surface area contributed by atoms with E-state index in [1.165, 1.54) is 24.4 Å². The number of phosphoric ester groups is 1. The van der Waals surface area contributed by atoms with Crippen molar-refractivity contribution in [3.8, 4) is 0 Å². The number of carbonyl (C=O) groups excluding carboxylic acids is 2. The summed E-state index contributed by atoms with van der Waals surface area (Å²) in [6.07, 6.45) is 3.31. The first-order valence-corrected chi connectivity index (χ1v) is 13.4. The maximum absolute atomic E-state index is 14.6. The SMILES string of the molecule is CCOC(=O)/C(C)=C(/C=C\N(C=O)c1ccc(F)c(COP(=O)(OC(C)(C)C)OC(C)(C)C)c1)OCC. The van der Waals surface area contributed by atoms with Crippen LogP contribution in [0.25, 0.3) is 0 Å². The molecule has 11 heteroatoms. The number of esters is 1. The highest BCUT2D eigenvalue weighted by Crippen LogP contribution is 2.56. The van der Waals surface area contributed by atoms with Gasteiger partial charge in [-0.1, -0.05) is 0 Å². The van der Waals surface area contributed by atoms with E-state index in [0.29, 0.717) is 12.1 Å². The van der Waals surface area contributed by atoms with E-state index in [1.54, 1.807) is 62.3 Å². The van der Waals surface area contributed by atoms with Crippen LogP contribution >= 0.6 is 7.82 Å². The summed E-state index contributed by atoms with van der Waals surface area (Å²) in [5.41, 5.74) is -1.16. The molecule has 0 radical (unpaired) electrons. The number of benzene rings is 1. The predicted octanol–water partition coefficient (Wildman–Crippen LogP) is 6.43. The van der Waals surface area contributed by atoms with Crippen LogP contribution in [0, 0.1) is 5.82 Å². The maximum Gasteiger partial charge on any atom is 0.476 e. The van der Waals surface area contributed by atoms with Crippen LogP contribution in [0.5, 0.6) is 0 Å². The smallest absolute Gasteiger partial charge is 0.476 e. The molecule has 1 aromatic rings. The normalized spacial score (nSPS) is 13.4. The Morgan fingerprint density at radius 2 is 1.59 bits per heavy atom. The van der Waals surface area contributed by atoms with Crippen molar-refractivity contribution >= 4 is 25.9 Å². The highest BCUT2D eigenvalue weighted by Gasteiger charge is 2.37. The fraction of sp³-hybridized carbons (Fsp3) is 0.538. The Bertz CT molecular complexity index is 1020. The molecule has 9 nitrogen and oxygen atoms in total. The number of nitrogens with zero attached hydrogens (tertiary/aromatic N) is 1. The molecule has 0 saturated carbocycles. The molecule has 0 unspecified atom stereocenters. The van der Waals surface area contributed by atoms with Gasteiger partial charge in [-0.2, -0.15) is 0 Å².